The number of aromatic nitrogens is 1. The van der Waals surface area contributed by atoms with Crippen LogP contribution in [0.5, 0.6) is 5.75 Å². The van der Waals surface area contributed by atoms with Crippen LogP contribution in [0.2, 0.25) is 0 Å². The summed E-state index contributed by atoms with van der Waals surface area (Å²) >= 11 is 3.19. The second-order valence-corrected chi connectivity index (χ2v) is 5.61. The SMILES string of the molecule is C[C@@H](Br)C(=O)Nc1ccc(OCC2CC2)cn1. The van der Waals surface area contributed by atoms with Crippen LogP contribution in [0.4, 0.5) is 5.82 Å². The van der Waals surface area contributed by atoms with Crippen molar-refractivity contribution in [2.45, 2.75) is 24.6 Å². The fraction of sp³-hybridized carbons (Fsp3) is 0.500. The zero-order valence-corrected chi connectivity index (χ0v) is 11.2. The molecule has 0 radical (unpaired) electrons. The van der Waals surface area contributed by atoms with Crippen molar-refractivity contribution in [3.05, 3.63) is 18.3 Å². The summed E-state index contributed by atoms with van der Waals surface area (Å²) in [5.74, 6) is 1.91. The molecular formula is C12H15BrN2O2. The van der Waals surface area contributed by atoms with Crippen LogP contribution in [-0.4, -0.2) is 22.3 Å². The summed E-state index contributed by atoms with van der Waals surface area (Å²) in [6.07, 6.45) is 4.17. The van der Waals surface area contributed by atoms with Gasteiger partial charge in [0.15, 0.2) is 0 Å². The molecule has 0 unspecified atom stereocenters. The lowest BCUT2D eigenvalue weighted by Gasteiger charge is -2.07. The van der Waals surface area contributed by atoms with Gasteiger partial charge in [-0.05, 0) is 37.8 Å². The average molecular weight is 299 g/mol. The summed E-state index contributed by atoms with van der Waals surface area (Å²) in [5, 5.41) is 2.69. The van der Waals surface area contributed by atoms with E-state index in [1.807, 2.05) is 6.07 Å². The highest BCUT2D eigenvalue weighted by Gasteiger charge is 2.21. The van der Waals surface area contributed by atoms with Gasteiger partial charge < -0.3 is 10.1 Å². The highest BCUT2D eigenvalue weighted by molar-refractivity contribution is 9.10. The van der Waals surface area contributed by atoms with Crippen molar-refractivity contribution in [1.29, 1.82) is 0 Å². The average Bonchev–Trinajstić information content (AvgIpc) is 3.12. The molecule has 1 aliphatic rings. The molecule has 0 saturated heterocycles. The number of pyridine rings is 1. The van der Waals surface area contributed by atoms with Gasteiger partial charge in [-0.25, -0.2) is 4.98 Å². The summed E-state index contributed by atoms with van der Waals surface area (Å²) in [6.45, 7) is 2.54. The molecule has 1 aromatic heterocycles. The Kier molecular flexibility index (Phi) is 3.99. The Balaban J connectivity index is 1.85. The number of halogens is 1. The molecule has 0 aliphatic heterocycles. The minimum Gasteiger partial charge on any atom is -0.492 e. The molecule has 1 amide bonds. The molecule has 1 atom stereocenters. The minimum absolute atomic E-state index is 0.107. The molecule has 0 aromatic carbocycles. The van der Waals surface area contributed by atoms with Gasteiger partial charge in [-0.15, -0.1) is 0 Å². The number of hydrogen-bond acceptors (Lipinski definition) is 3. The second-order valence-electron chi connectivity index (χ2n) is 4.24. The second kappa shape index (κ2) is 5.49. The first kappa shape index (κ1) is 12.4. The van der Waals surface area contributed by atoms with Crippen LogP contribution in [0.15, 0.2) is 18.3 Å². The molecule has 1 aliphatic carbocycles. The Morgan fingerprint density at radius 2 is 2.41 bits per heavy atom. The molecule has 1 saturated carbocycles. The predicted octanol–water partition coefficient (Wildman–Crippen LogP) is 2.59. The van der Waals surface area contributed by atoms with E-state index < -0.39 is 0 Å². The Labute approximate surface area is 109 Å². The molecule has 17 heavy (non-hydrogen) atoms. The van der Waals surface area contributed by atoms with E-state index in [-0.39, 0.29) is 10.7 Å². The number of ether oxygens (including phenoxy) is 1. The third-order valence-electron chi connectivity index (χ3n) is 2.53. The lowest BCUT2D eigenvalue weighted by atomic mass is 10.4. The number of alkyl halides is 1. The highest BCUT2D eigenvalue weighted by Crippen LogP contribution is 2.29. The van der Waals surface area contributed by atoms with Crippen molar-refractivity contribution >= 4 is 27.7 Å². The van der Waals surface area contributed by atoms with Gasteiger partial charge in [0.2, 0.25) is 5.91 Å². The molecule has 4 nitrogen and oxygen atoms in total. The van der Waals surface area contributed by atoms with Crippen molar-refractivity contribution in [1.82, 2.24) is 4.98 Å². The summed E-state index contributed by atoms with van der Waals surface area (Å²) in [6, 6.07) is 3.57. The number of carbonyl (C=O) groups is 1. The smallest absolute Gasteiger partial charge is 0.239 e. The number of rotatable bonds is 5. The molecule has 2 rings (SSSR count). The standard InChI is InChI=1S/C12H15BrN2O2/c1-8(13)12(16)15-11-5-4-10(6-14-11)17-7-9-2-3-9/h4-6,8-9H,2-3,7H2,1H3,(H,14,15,16)/t8-/m1/s1. The maximum atomic E-state index is 11.4. The normalized spacial score (nSPS) is 16.4. The van der Waals surface area contributed by atoms with Crippen molar-refractivity contribution < 1.29 is 9.53 Å². The Morgan fingerprint density at radius 1 is 1.65 bits per heavy atom. The van der Waals surface area contributed by atoms with E-state index in [9.17, 15) is 4.79 Å². The predicted molar refractivity (Wildman–Crippen MR) is 69.5 cm³/mol. The Hall–Kier alpha value is -1.10. The maximum Gasteiger partial charge on any atom is 0.239 e. The summed E-state index contributed by atoms with van der Waals surface area (Å²) in [4.78, 5) is 15.3. The number of carbonyl (C=O) groups excluding carboxylic acids is 1. The van der Waals surface area contributed by atoms with E-state index in [0.717, 1.165) is 18.3 Å². The van der Waals surface area contributed by atoms with E-state index in [1.54, 1.807) is 19.2 Å². The van der Waals surface area contributed by atoms with E-state index in [1.165, 1.54) is 12.8 Å². The van der Waals surface area contributed by atoms with Gasteiger partial charge >= 0.3 is 0 Å². The van der Waals surface area contributed by atoms with E-state index in [0.29, 0.717) is 5.82 Å². The number of nitrogens with zero attached hydrogens (tertiary/aromatic N) is 1. The van der Waals surface area contributed by atoms with Crippen molar-refractivity contribution in [2.75, 3.05) is 11.9 Å². The third-order valence-corrected chi connectivity index (χ3v) is 2.95. The molecule has 1 heterocycles. The van der Waals surface area contributed by atoms with Gasteiger partial charge in [0.05, 0.1) is 17.6 Å². The summed E-state index contributed by atoms with van der Waals surface area (Å²) in [5.41, 5.74) is 0. The lowest BCUT2D eigenvalue weighted by molar-refractivity contribution is -0.115. The van der Waals surface area contributed by atoms with Crippen molar-refractivity contribution in [3.8, 4) is 5.75 Å². The fourth-order valence-electron chi connectivity index (χ4n) is 1.26. The number of anilines is 1. The van der Waals surface area contributed by atoms with Crippen LogP contribution < -0.4 is 10.1 Å². The minimum atomic E-state index is -0.227. The monoisotopic (exact) mass is 298 g/mol. The molecule has 1 N–H and O–H groups in total. The molecule has 1 aromatic rings. The van der Waals surface area contributed by atoms with Crippen LogP contribution >= 0.6 is 15.9 Å². The van der Waals surface area contributed by atoms with Gasteiger partial charge in [0.25, 0.3) is 0 Å². The number of amides is 1. The Morgan fingerprint density at radius 3 is 2.94 bits per heavy atom. The molecule has 0 spiro atoms. The number of nitrogens with one attached hydrogen (secondary N) is 1. The molecule has 1 fully saturated rings. The van der Waals surface area contributed by atoms with Crippen molar-refractivity contribution in [2.24, 2.45) is 5.92 Å². The van der Waals surface area contributed by atoms with Crippen LogP contribution in [0.3, 0.4) is 0 Å². The van der Waals surface area contributed by atoms with Crippen LogP contribution in [0, 0.1) is 5.92 Å². The van der Waals surface area contributed by atoms with Crippen LogP contribution in [0.1, 0.15) is 19.8 Å². The molecule has 0 bridgehead atoms. The first-order valence-electron chi connectivity index (χ1n) is 5.69. The third kappa shape index (κ3) is 4.00. The van der Waals surface area contributed by atoms with Gasteiger partial charge in [0, 0.05) is 0 Å². The van der Waals surface area contributed by atoms with E-state index in [2.05, 4.69) is 26.2 Å². The molecule has 5 heteroatoms. The summed E-state index contributed by atoms with van der Waals surface area (Å²) < 4.78 is 5.55. The largest absolute Gasteiger partial charge is 0.492 e. The Bertz CT molecular complexity index is 388. The quantitative estimate of drug-likeness (QED) is 0.850. The van der Waals surface area contributed by atoms with Gasteiger partial charge in [-0.2, -0.15) is 0 Å². The lowest BCUT2D eigenvalue weighted by Crippen LogP contribution is -2.20. The fourth-order valence-corrected chi connectivity index (χ4v) is 1.38. The van der Waals surface area contributed by atoms with Crippen LogP contribution in [-0.2, 0) is 4.79 Å². The first-order chi connectivity index (χ1) is 8.15. The number of hydrogen-bond donors (Lipinski definition) is 1. The topological polar surface area (TPSA) is 51.2 Å². The van der Waals surface area contributed by atoms with Gasteiger partial charge in [-0.3, -0.25) is 4.79 Å². The van der Waals surface area contributed by atoms with Gasteiger partial charge in [-0.1, -0.05) is 15.9 Å². The molecule has 92 valence electrons. The molecular weight excluding hydrogens is 284 g/mol. The van der Waals surface area contributed by atoms with Crippen LogP contribution in [0.25, 0.3) is 0 Å². The first-order valence-corrected chi connectivity index (χ1v) is 6.60. The van der Waals surface area contributed by atoms with E-state index in [4.69, 9.17) is 4.74 Å². The zero-order valence-electron chi connectivity index (χ0n) is 9.65. The van der Waals surface area contributed by atoms with E-state index >= 15 is 0 Å². The summed E-state index contributed by atoms with van der Waals surface area (Å²) in [7, 11) is 0. The zero-order chi connectivity index (χ0) is 12.3. The van der Waals surface area contributed by atoms with Crippen molar-refractivity contribution in [3.63, 3.8) is 0 Å². The van der Waals surface area contributed by atoms with Gasteiger partial charge in [0.1, 0.15) is 11.6 Å². The highest BCUT2D eigenvalue weighted by atomic mass is 79.9. The maximum absolute atomic E-state index is 11.4.